The monoisotopic (exact) mass is 428 g/mol. The number of nitrogens with one attached hydrogen (secondary N) is 2. The van der Waals surface area contributed by atoms with Crippen LogP contribution in [0.4, 0.5) is 5.69 Å². The second kappa shape index (κ2) is 11.3. The molecule has 2 rings (SSSR count). The van der Waals surface area contributed by atoms with Crippen LogP contribution in [0.25, 0.3) is 0 Å². The molecular weight excluding hydrogens is 399 g/mol. The minimum Gasteiger partial charge on any atom is -0.375 e. The second-order valence-electron chi connectivity index (χ2n) is 5.75. The number of hydrogen-bond donors (Lipinski definition) is 2. The molecular formula is C18H29IN4. The second-order valence-corrected chi connectivity index (χ2v) is 5.75. The van der Waals surface area contributed by atoms with E-state index in [1.165, 1.54) is 12.1 Å². The van der Waals surface area contributed by atoms with E-state index in [2.05, 4.69) is 70.1 Å². The van der Waals surface area contributed by atoms with Gasteiger partial charge in [0.1, 0.15) is 0 Å². The molecule has 0 aromatic heterocycles. The number of halogens is 1. The Bertz CT molecular complexity index is 479. The Morgan fingerprint density at radius 2 is 1.87 bits per heavy atom. The van der Waals surface area contributed by atoms with Gasteiger partial charge in [-0.1, -0.05) is 30.4 Å². The van der Waals surface area contributed by atoms with E-state index in [9.17, 15) is 0 Å². The molecule has 0 bridgehead atoms. The predicted octanol–water partition coefficient (Wildman–Crippen LogP) is 3.40. The zero-order valence-corrected chi connectivity index (χ0v) is 16.5. The van der Waals surface area contributed by atoms with E-state index < -0.39 is 0 Å². The van der Waals surface area contributed by atoms with Gasteiger partial charge in [0, 0.05) is 38.9 Å². The minimum atomic E-state index is 0. The van der Waals surface area contributed by atoms with Crippen molar-refractivity contribution in [1.29, 1.82) is 0 Å². The van der Waals surface area contributed by atoms with Crippen LogP contribution in [0.2, 0.25) is 0 Å². The smallest absolute Gasteiger partial charge is 0.191 e. The van der Waals surface area contributed by atoms with E-state index in [0.717, 1.165) is 38.3 Å². The van der Waals surface area contributed by atoms with Gasteiger partial charge in [0.25, 0.3) is 0 Å². The van der Waals surface area contributed by atoms with Crippen LogP contribution in [0, 0.1) is 0 Å². The first-order valence-corrected chi connectivity index (χ1v) is 8.18. The molecule has 0 fully saturated rings. The summed E-state index contributed by atoms with van der Waals surface area (Å²) in [5, 5.41) is 6.86. The molecule has 128 valence electrons. The summed E-state index contributed by atoms with van der Waals surface area (Å²) >= 11 is 0. The first-order chi connectivity index (χ1) is 10.8. The number of benzene rings is 1. The molecule has 4 nitrogen and oxygen atoms in total. The van der Waals surface area contributed by atoms with Crippen LogP contribution >= 0.6 is 24.0 Å². The molecule has 5 heteroatoms. The van der Waals surface area contributed by atoms with Crippen molar-refractivity contribution in [2.45, 2.75) is 31.7 Å². The van der Waals surface area contributed by atoms with Crippen LogP contribution in [0.5, 0.6) is 0 Å². The Labute approximate surface area is 157 Å². The van der Waals surface area contributed by atoms with Gasteiger partial charge in [-0.3, -0.25) is 4.99 Å². The molecule has 1 aliphatic rings. The molecule has 0 aliphatic heterocycles. The lowest BCUT2D eigenvalue weighted by Crippen LogP contribution is -2.42. The van der Waals surface area contributed by atoms with E-state index in [1.54, 1.807) is 0 Å². The Morgan fingerprint density at radius 3 is 2.52 bits per heavy atom. The first kappa shape index (κ1) is 19.8. The highest BCUT2D eigenvalue weighted by atomic mass is 127. The highest BCUT2D eigenvalue weighted by Crippen LogP contribution is 2.11. The van der Waals surface area contributed by atoms with Crippen LogP contribution in [0.1, 0.15) is 25.7 Å². The lowest BCUT2D eigenvalue weighted by Gasteiger charge is -2.20. The molecule has 1 aromatic carbocycles. The van der Waals surface area contributed by atoms with Crippen molar-refractivity contribution in [3.63, 3.8) is 0 Å². The van der Waals surface area contributed by atoms with Crippen molar-refractivity contribution >= 4 is 35.6 Å². The maximum absolute atomic E-state index is 4.29. The Hall–Kier alpha value is -1.24. The first-order valence-electron chi connectivity index (χ1n) is 8.18. The number of rotatable bonds is 7. The summed E-state index contributed by atoms with van der Waals surface area (Å²) in [6.45, 7) is 2.03. The van der Waals surface area contributed by atoms with E-state index in [4.69, 9.17) is 0 Å². The molecule has 0 unspecified atom stereocenters. The summed E-state index contributed by atoms with van der Waals surface area (Å²) in [5.74, 6) is 0.921. The van der Waals surface area contributed by atoms with Gasteiger partial charge < -0.3 is 15.5 Å². The molecule has 23 heavy (non-hydrogen) atoms. The lowest BCUT2D eigenvalue weighted by atomic mass is 10.2. The van der Waals surface area contributed by atoms with Crippen molar-refractivity contribution in [1.82, 2.24) is 10.6 Å². The van der Waals surface area contributed by atoms with Crippen LogP contribution in [0.3, 0.4) is 0 Å². The van der Waals surface area contributed by atoms with E-state index in [0.29, 0.717) is 6.04 Å². The third-order valence-corrected chi connectivity index (χ3v) is 3.98. The summed E-state index contributed by atoms with van der Waals surface area (Å²) in [6.07, 6.45) is 8.96. The molecule has 0 atom stereocenters. The SMILES string of the molecule is CN=C(NCCCCN(C)c1ccccc1)NC1CC=CC1.I. The molecule has 0 heterocycles. The van der Waals surface area contributed by atoms with Gasteiger partial charge >= 0.3 is 0 Å². The van der Waals surface area contributed by atoms with Gasteiger partial charge in [0.05, 0.1) is 0 Å². The molecule has 0 spiro atoms. The number of para-hydroxylation sites is 1. The fourth-order valence-corrected chi connectivity index (χ4v) is 2.62. The van der Waals surface area contributed by atoms with Crippen molar-refractivity contribution < 1.29 is 0 Å². The zero-order valence-electron chi connectivity index (χ0n) is 14.2. The van der Waals surface area contributed by atoms with Gasteiger partial charge in [-0.25, -0.2) is 0 Å². The number of hydrogen-bond acceptors (Lipinski definition) is 2. The summed E-state index contributed by atoms with van der Waals surface area (Å²) in [5.41, 5.74) is 1.28. The maximum Gasteiger partial charge on any atom is 0.191 e. The van der Waals surface area contributed by atoms with Crippen molar-refractivity contribution in [3.8, 4) is 0 Å². The van der Waals surface area contributed by atoms with Crippen LogP contribution < -0.4 is 15.5 Å². The minimum absolute atomic E-state index is 0. The molecule has 0 amide bonds. The van der Waals surface area contributed by atoms with Gasteiger partial charge in [-0.05, 0) is 37.8 Å². The van der Waals surface area contributed by atoms with Crippen molar-refractivity contribution in [2.24, 2.45) is 4.99 Å². The highest BCUT2D eigenvalue weighted by molar-refractivity contribution is 14.0. The Morgan fingerprint density at radius 1 is 1.17 bits per heavy atom. The molecule has 0 saturated heterocycles. The lowest BCUT2D eigenvalue weighted by molar-refractivity contribution is 0.623. The normalized spacial score (nSPS) is 14.4. The van der Waals surface area contributed by atoms with Crippen LogP contribution in [0.15, 0.2) is 47.5 Å². The summed E-state index contributed by atoms with van der Waals surface area (Å²) in [7, 11) is 3.98. The maximum atomic E-state index is 4.29. The van der Waals surface area contributed by atoms with E-state index in [1.807, 2.05) is 7.05 Å². The number of unbranched alkanes of at least 4 members (excludes halogenated alkanes) is 1. The molecule has 0 radical (unpaired) electrons. The number of guanidine groups is 1. The van der Waals surface area contributed by atoms with Gasteiger partial charge in [-0.15, -0.1) is 24.0 Å². The van der Waals surface area contributed by atoms with Gasteiger partial charge in [-0.2, -0.15) is 0 Å². The molecule has 1 aliphatic carbocycles. The van der Waals surface area contributed by atoms with Crippen LogP contribution in [-0.4, -0.2) is 39.2 Å². The fourth-order valence-electron chi connectivity index (χ4n) is 2.62. The third kappa shape index (κ3) is 7.24. The largest absolute Gasteiger partial charge is 0.375 e. The van der Waals surface area contributed by atoms with Crippen molar-refractivity contribution in [3.05, 3.63) is 42.5 Å². The standard InChI is InChI=1S/C18H28N4.HI/c1-19-18(21-16-10-6-7-11-16)20-14-8-9-15-22(2)17-12-4-3-5-13-17;/h3-7,12-13,16H,8-11,14-15H2,1-2H3,(H2,19,20,21);1H. The summed E-state index contributed by atoms with van der Waals surface area (Å²) in [4.78, 5) is 6.59. The van der Waals surface area contributed by atoms with E-state index >= 15 is 0 Å². The summed E-state index contributed by atoms with van der Waals surface area (Å²) < 4.78 is 0. The van der Waals surface area contributed by atoms with E-state index in [-0.39, 0.29) is 24.0 Å². The average Bonchev–Trinajstić information content (AvgIpc) is 3.07. The van der Waals surface area contributed by atoms with Gasteiger partial charge in [0.2, 0.25) is 0 Å². The number of nitrogens with zero attached hydrogens (tertiary/aromatic N) is 2. The Balaban J connectivity index is 0.00000264. The average molecular weight is 428 g/mol. The summed E-state index contributed by atoms with van der Waals surface area (Å²) in [6, 6.07) is 11.0. The molecule has 1 aromatic rings. The number of anilines is 1. The quantitative estimate of drug-likeness (QED) is 0.230. The van der Waals surface area contributed by atoms with Crippen molar-refractivity contribution in [2.75, 3.05) is 32.1 Å². The zero-order chi connectivity index (χ0) is 15.6. The number of aliphatic imine (C=N–C) groups is 1. The Kier molecular flexibility index (Phi) is 9.75. The molecule has 0 saturated carbocycles. The third-order valence-electron chi connectivity index (χ3n) is 3.98. The highest BCUT2D eigenvalue weighted by Gasteiger charge is 2.11. The van der Waals surface area contributed by atoms with Gasteiger partial charge in [0.15, 0.2) is 5.96 Å². The van der Waals surface area contributed by atoms with Crippen LogP contribution in [-0.2, 0) is 0 Å². The molecule has 2 N–H and O–H groups in total. The topological polar surface area (TPSA) is 39.7 Å². The fraction of sp³-hybridized carbons (Fsp3) is 0.500. The predicted molar refractivity (Wildman–Crippen MR) is 111 cm³/mol.